The molecule has 0 spiro atoms. The molecule has 10 nitrogen and oxygen atoms in total. The van der Waals surface area contributed by atoms with E-state index in [2.05, 4.69) is 26.5 Å². The van der Waals surface area contributed by atoms with E-state index in [1.807, 2.05) is 16.9 Å². The number of aliphatic hydroxyl groups excluding tert-OH is 1. The summed E-state index contributed by atoms with van der Waals surface area (Å²) in [5.41, 5.74) is 4.36. The molecule has 0 unspecified atom stereocenters. The number of aliphatic hydroxyl groups is 1. The lowest BCUT2D eigenvalue weighted by Crippen LogP contribution is -2.14. The van der Waals surface area contributed by atoms with E-state index < -0.39 is 0 Å². The molecule has 0 amide bonds. The normalized spacial score (nSPS) is 12.3. The summed E-state index contributed by atoms with van der Waals surface area (Å²) < 4.78 is 9.05. The number of ether oxygens (including phenoxy) is 1. The number of aryl methyl sites for hydroxylation is 1. The highest BCUT2D eigenvalue weighted by molar-refractivity contribution is 5.77. The van der Waals surface area contributed by atoms with Gasteiger partial charge in [-0.15, -0.1) is 0 Å². The van der Waals surface area contributed by atoms with Gasteiger partial charge in [-0.25, -0.2) is 9.50 Å². The summed E-state index contributed by atoms with van der Waals surface area (Å²) in [4.78, 5) is 4.79. The molecule has 0 fully saturated rings. The van der Waals surface area contributed by atoms with Gasteiger partial charge in [-0.3, -0.25) is 9.78 Å². The molecule has 10 heteroatoms. The van der Waals surface area contributed by atoms with Crippen LogP contribution in [0.4, 0.5) is 0 Å². The van der Waals surface area contributed by atoms with Crippen LogP contribution >= 0.6 is 0 Å². The number of rotatable bonds is 9. The number of methoxy groups -OCH3 is 1. The Labute approximate surface area is 172 Å². The molecular formula is C20H22N8O2. The molecule has 0 aliphatic carbocycles. The molecule has 2 N–H and O–H groups in total. The third-order valence-corrected chi connectivity index (χ3v) is 4.95. The number of aromatic nitrogens is 7. The molecular weight excluding hydrogens is 384 g/mol. The van der Waals surface area contributed by atoms with Crippen LogP contribution < -0.4 is 0 Å². The van der Waals surface area contributed by atoms with Crippen molar-refractivity contribution in [2.24, 2.45) is 0 Å². The van der Waals surface area contributed by atoms with Crippen LogP contribution in [0.5, 0.6) is 0 Å². The molecule has 0 radical (unpaired) electrons. The van der Waals surface area contributed by atoms with E-state index >= 15 is 0 Å². The molecule has 4 aromatic heterocycles. The molecule has 30 heavy (non-hydrogen) atoms. The Morgan fingerprint density at radius 3 is 2.93 bits per heavy atom. The molecule has 0 aromatic carbocycles. The average molecular weight is 406 g/mol. The van der Waals surface area contributed by atoms with Crippen LogP contribution in [0.25, 0.3) is 28.2 Å². The van der Waals surface area contributed by atoms with Gasteiger partial charge in [-0.1, -0.05) is 0 Å². The second-order valence-electron chi connectivity index (χ2n) is 6.91. The Bertz CT molecular complexity index is 1170. The van der Waals surface area contributed by atoms with E-state index in [4.69, 9.17) is 15.0 Å². The largest absolute Gasteiger partial charge is 0.390 e. The molecule has 0 aliphatic heterocycles. The summed E-state index contributed by atoms with van der Waals surface area (Å²) in [6.07, 6.45) is 9.23. The van der Waals surface area contributed by atoms with Crippen LogP contribution in [0, 0.1) is 11.3 Å². The summed E-state index contributed by atoms with van der Waals surface area (Å²) in [5, 5.41) is 33.9. The molecule has 4 rings (SSSR count). The quantitative estimate of drug-likeness (QED) is 0.436. The van der Waals surface area contributed by atoms with Crippen LogP contribution in [-0.4, -0.2) is 52.9 Å². The predicted octanol–water partition coefficient (Wildman–Crippen LogP) is 2.18. The molecule has 0 saturated carbocycles. The molecule has 0 saturated heterocycles. The molecule has 0 bridgehead atoms. The van der Waals surface area contributed by atoms with E-state index in [0.717, 1.165) is 23.2 Å². The van der Waals surface area contributed by atoms with Gasteiger partial charge in [0.1, 0.15) is 11.4 Å². The summed E-state index contributed by atoms with van der Waals surface area (Å²) in [6, 6.07) is 5.81. The summed E-state index contributed by atoms with van der Waals surface area (Å²) in [6.45, 7) is 0.561. The minimum absolute atomic E-state index is 0.0284. The van der Waals surface area contributed by atoms with Crippen molar-refractivity contribution in [2.75, 3.05) is 7.11 Å². The number of fused-ring (bicyclic) bond motifs is 1. The van der Waals surface area contributed by atoms with Crippen molar-refractivity contribution in [3.63, 3.8) is 0 Å². The Morgan fingerprint density at radius 2 is 2.17 bits per heavy atom. The van der Waals surface area contributed by atoms with Crippen molar-refractivity contribution in [2.45, 2.75) is 38.5 Å². The fraction of sp³-hybridized carbons (Fsp3) is 0.350. The number of nitrogens with zero attached hydrogens (tertiary/aromatic N) is 7. The van der Waals surface area contributed by atoms with E-state index in [-0.39, 0.29) is 12.7 Å². The highest BCUT2D eigenvalue weighted by atomic mass is 16.5. The standard InChI is InChI=1S/C20H22N8O2/c1-30-16(3-2-6-21)5-8-27-11-14(10-23-27)20-19-4-7-22-28(19)12-18(24-20)17-9-15(13-29)25-26-17/h4,7,9-12,16,29H,2-3,5,8,13H2,1H3,(H,25,26)/t16-/m1/s1. The number of hydrogen-bond acceptors (Lipinski definition) is 7. The smallest absolute Gasteiger partial charge is 0.112 e. The monoisotopic (exact) mass is 406 g/mol. The van der Waals surface area contributed by atoms with Gasteiger partial charge in [-0.2, -0.15) is 20.6 Å². The van der Waals surface area contributed by atoms with Crippen LogP contribution in [0.15, 0.2) is 36.9 Å². The molecule has 4 heterocycles. The molecule has 1 atom stereocenters. The van der Waals surface area contributed by atoms with Gasteiger partial charge >= 0.3 is 0 Å². The maximum atomic E-state index is 9.28. The third-order valence-electron chi connectivity index (χ3n) is 4.95. The lowest BCUT2D eigenvalue weighted by molar-refractivity contribution is 0.0844. The van der Waals surface area contributed by atoms with Gasteiger partial charge in [0.2, 0.25) is 0 Å². The number of nitriles is 1. The number of hydrogen-bond donors (Lipinski definition) is 2. The van der Waals surface area contributed by atoms with Crippen LogP contribution in [0.1, 0.15) is 25.0 Å². The third kappa shape index (κ3) is 4.07. The topological polar surface area (TPSA) is 130 Å². The van der Waals surface area contributed by atoms with E-state index in [0.29, 0.717) is 36.5 Å². The average Bonchev–Trinajstić information content (AvgIpc) is 3.53. The first-order valence-corrected chi connectivity index (χ1v) is 9.64. The second kappa shape index (κ2) is 8.86. The Hall–Kier alpha value is -3.55. The molecule has 154 valence electrons. The second-order valence-corrected chi connectivity index (χ2v) is 6.91. The van der Waals surface area contributed by atoms with Gasteiger partial charge in [0.05, 0.1) is 54.3 Å². The lowest BCUT2D eigenvalue weighted by Gasteiger charge is -2.13. The fourth-order valence-electron chi connectivity index (χ4n) is 3.33. The van der Waals surface area contributed by atoms with Crippen molar-refractivity contribution in [1.29, 1.82) is 5.26 Å². The van der Waals surface area contributed by atoms with Crippen molar-refractivity contribution >= 4 is 5.52 Å². The van der Waals surface area contributed by atoms with Crippen LogP contribution in [0.3, 0.4) is 0 Å². The van der Waals surface area contributed by atoms with Crippen molar-refractivity contribution < 1.29 is 9.84 Å². The van der Waals surface area contributed by atoms with E-state index in [9.17, 15) is 5.11 Å². The van der Waals surface area contributed by atoms with Gasteiger partial charge < -0.3 is 9.84 Å². The van der Waals surface area contributed by atoms with Crippen molar-refractivity contribution in [3.05, 3.63) is 42.6 Å². The number of aromatic amines is 1. The maximum absolute atomic E-state index is 9.28. The van der Waals surface area contributed by atoms with Gasteiger partial charge in [0, 0.05) is 31.8 Å². The first-order valence-electron chi connectivity index (χ1n) is 9.64. The van der Waals surface area contributed by atoms with Crippen LogP contribution in [-0.2, 0) is 17.9 Å². The first-order chi connectivity index (χ1) is 14.7. The highest BCUT2D eigenvalue weighted by Crippen LogP contribution is 2.26. The lowest BCUT2D eigenvalue weighted by atomic mass is 10.1. The minimum Gasteiger partial charge on any atom is -0.390 e. The van der Waals surface area contributed by atoms with Crippen LogP contribution in [0.2, 0.25) is 0 Å². The van der Waals surface area contributed by atoms with Crippen molar-refractivity contribution in [1.82, 2.24) is 34.6 Å². The Morgan fingerprint density at radius 1 is 1.27 bits per heavy atom. The van der Waals surface area contributed by atoms with Crippen molar-refractivity contribution in [3.8, 4) is 28.7 Å². The Kier molecular flexibility index (Phi) is 5.83. The fourth-order valence-corrected chi connectivity index (χ4v) is 3.33. The molecule has 4 aromatic rings. The maximum Gasteiger partial charge on any atom is 0.112 e. The summed E-state index contributed by atoms with van der Waals surface area (Å²) in [7, 11) is 1.67. The summed E-state index contributed by atoms with van der Waals surface area (Å²) >= 11 is 0. The van der Waals surface area contributed by atoms with Gasteiger partial charge in [0.25, 0.3) is 0 Å². The Balaban J connectivity index is 1.60. The molecule has 0 aliphatic rings. The highest BCUT2D eigenvalue weighted by Gasteiger charge is 2.15. The van der Waals surface area contributed by atoms with Gasteiger partial charge in [-0.05, 0) is 25.0 Å². The van der Waals surface area contributed by atoms with E-state index in [1.165, 1.54) is 0 Å². The number of nitrogens with one attached hydrogen (secondary N) is 1. The first kappa shape index (κ1) is 19.8. The summed E-state index contributed by atoms with van der Waals surface area (Å²) in [5.74, 6) is 0. The zero-order valence-corrected chi connectivity index (χ0v) is 16.6. The zero-order chi connectivity index (χ0) is 20.9. The SMILES string of the molecule is CO[C@H](CCC#N)CCn1cc(-c2nc(-c3cc(CO)[nH]n3)cn3nccc23)cn1. The minimum atomic E-state index is -0.118. The number of H-pyrrole nitrogens is 1. The predicted molar refractivity (Wildman–Crippen MR) is 108 cm³/mol. The van der Waals surface area contributed by atoms with Gasteiger partial charge in [0.15, 0.2) is 0 Å². The van der Waals surface area contributed by atoms with E-state index in [1.54, 1.807) is 36.3 Å². The zero-order valence-electron chi connectivity index (χ0n) is 16.6.